The molecule has 23 heavy (non-hydrogen) atoms. The van der Waals surface area contributed by atoms with Crippen LogP contribution in [0.5, 0.6) is 0 Å². The molecule has 0 bridgehead atoms. The van der Waals surface area contributed by atoms with Gasteiger partial charge in [0, 0.05) is 19.7 Å². The molecule has 0 radical (unpaired) electrons. The Labute approximate surface area is 137 Å². The SMILES string of the molecule is CCCCOC(=O)N[C@H]1CCN([C@H]2CC[C@@H](N)C[C@H]2OC)C1=O. The van der Waals surface area contributed by atoms with Crippen molar-refractivity contribution >= 4 is 12.0 Å². The van der Waals surface area contributed by atoms with Crippen LogP contribution < -0.4 is 11.1 Å². The average molecular weight is 327 g/mol. The number of methoxy groups -OCH3 is 1. The van der Waals surface area contributed by atoms with E-state index in [4.69, 9.17) is 15.2 Å². The molecule has 0 aromatic rings. The summed E-state index contributed by atoms with van der Waals surface area (Å²) in [4.78, 5) is 26.1. The maximum atomic E-state index is 12.6. The summed E-state index contributed by atoms with van der Waals surface area (Å²) in [6.45, 7) is 3.06. The predicted octanol–water partition coefficient (Wildman–Crippen LogP) is 1.01. The van der Waals surface area contributed by atoms with Gasteiger partial charge in [-0.3, -0.25) is 4.79 Å². The highest BCUT2D eigenvalue weighted by Gasteiger charge is 2.41. The first-order valence-electron chi connectivity index (χ1n) is 8.59. The summed E-state index contributed by atoms with van der Waals surface area (Å²) in [6.07, 6.45) is 4.38. The molecule has 0 spiro atoms. The maximum Gasteiger partial charge on any atom is 0.407 e. The fourth-order valence-electron chi connectivity index (χ4n) is 3.41. The molecule has 0 unspecified atom stereocenters. The highest BCUT2D eigenvalue weighted by molar-refractivity contribution is 5.87. The summed E-state index contributed by atoms with van der Waals surface area (Å²) in [5.41, 5.74) is 5.99. The van der Waals surface area contributed by atoms with Gasteiger partial charge in [-0.1, -0.05) is 13.3 Å². The molecule has 0 aromatic carbocycles. The quantitative estimate of drug-likeness (QED) is 0.710. The van der Waals surface area contributed by atoms with Crippen LogP contribution in [0.3, 0.4) is 0 Å². The molecule has 2 aliphatic rings. The number of carbonyl (C=O) groups is 2. The van der Waals surface area contributed by atoms with Crippen LogP contribution in [-0.2, 0) is 14.3 Å². The topological polar surface area (TPSA) is 93.9 Å². The van der Waals surface area contributed by atoms with Crippen LogP contribution in [0.15, 0.2) is 0 Å². The third-order valence-corrected chi connectivity index (χ3v) is 4.76. The summed E-state index contributed by atoms with van der Waals surface area (Å²) < 4.78 is 10.6. The van der Waals surface area contributed by atoms with E-state index in [0.717, 1.165) is 32.1 Å². The Hall–Kier alpha value is -1.34. The molecule has 0 aromatic heterocycles. The van der Waals surface area contributed by atoms with E-state index in [2.05, 4.69) is 5.32 Å². The van der Waals surface area contributed by atoms with Gasteiger partial charge in [0.05, 0.1) is 18.8 Å². The van der Waals surface area contributed by atoms with Crippen molar-refractivity contribution in [2.45, 2.75) is 69.7 Å². The Morgan fingerprint density at radius 2 is 2.17 bits per heavy atom. The molecule has 3 N–H and O–H groups in total. The summed E-state index contributed by atoms with van der Waals surface area (Å²) in [7, 11) is 1.66. The van der Waals surface area contributed by atoms with Crippen LogP contribution >= 0.6 is 0 Å². The van der Waals surface area contributed by atoms with Gasteiger partial charge in [0.15, 0.2) is 0 Å². The molecule has 2 amide bonds. The number of nitrogens with one attached hydrogen (secondary N) is 1. The number of likely N-dealkylation sites (tertiary alicyclic amines) is 1. The Bertz CT molecular complexity index is 418. The van der Waals surface area contributed by atoms with Crippen molar-refractivity contribution < 1.29 is 19.1 Å². The van der Waals surface area contributed by atoms with Gasteiger partial charge < -0.3 is 25.4 Å². The second-order valence-corrected chi connectivity index (χ2v) is 6.42. The fraction of sp³-hybridized carbons (Fsp3) is 0.875. The Morgan fingerprint density at radius 3 is 2.87 bits per heavy atom. The van der Waals surface area contributed by atoms with Gasteiger partial charge in [-0.25, -0.2) is 4.79 Å². The second kappa shape index (κ2) is 8.49. The Morgan fingerprint density at radius 1 is 1.39 bits per heavy atom. The number of alkyl carbamates (subject to hydrolysis) is 1. The van der Waals surface area contributed by atoms with Crippen LogP contribution in [-0.4, -0.2) is 61.4 Å². The molecular weight excluding hydrogens is 298 g/mol. The lowest BCUT2D eigenvalue weighted by Crippen LogP contribution is -2.53. The molecule has 7 nitrogen and oxygen atoms in total. The van der Waals surface area contributed by atoms with Crippen molar-refractivity contribution in [3.63, 3.8) is 0 Å². The highest BCUT2D eigenvalue weighted by atomic mass is 16.5. The summed E-state index contributed by atoms with van der Waals surface area (Å²) in [5.74, 6) is -0.0417. The minimum absolute atomic E-state index is 0.0297. The predicted molar refractivity (Wildman–Crippen MR) is 85.9 cm³/mol. The largest absolute Gasteiger partial charge is 0.450 e. The van der Waals surface area contributed by atoms with Gasteiger partial charge in [-0.05, 0) is 32.1 Å². The van der Waals surface area contributed by atoms with Crippen LogP contribution in [0, 0.1) is 0 Å². The Kier molecular flexibility index (Phi) is 6.65. The summed E-state index contributed by atoms with van der Waals surface area (Å²) in [6, 6.07) is -0.302. The molecule has 2 fully saturated rings. The average Bonchev–Trinajstić information content (AvgIpc) is 2.88. The van der Waals surface area contributed by atoms with E-state index in [-0.39, 0.29) is 24.1 Å². The zero-order valence-corrected chi connectivity index (χ0v) is 14.1. The molecule has 4 atom stereocenters. The fourth-order valence-corrected chi connectivity index (χ4v) is 3.41. The number of hydrogen-bond acceptors (Lipinski definition) is 5. The highest BCUT2D eigenvalue weighted by Crippen LogP contribution is 2.28. The molecule has 132 valence electrons. The smallest absolute Gasteiger partial charge is 0.407 e. The van der Waals surface area contributed by atoms with E-state index in [9.17, 15) is 9.59 Å². The number of nitrogens with zero attached hydrogens (tertiary/aromatic N) is 1. The Balaban J connectivity index is 1.87. The third kappa shape index (κ3) is 4.57. The molecular formula is C16H29N3O4. The second-order valence-electron chi connectivity index (χ2n) is 6.42. The standard InChI is InChI=1S/C16H29N3O4/c1-3-4-9-23-16(21)18-12-7-8-19(15(12)20)13-6-5-11(17)10-14(13)22-2/h11-14H,3-10,17H2,1-2H3,(H,18,21)/t11-,12+,13+,14-/m1/s1. The van der Waals surface area contributed by atoms with Crippen molar-refractivity contribution in [3.8, 4) is 0 Å². The van der Waals surface area contributed by atoms with E-state index < -0.39 is 12.1 Å². The molecule has 1 saturated heterocycles. The normalized spacial score (nSPS) is 31.3. The number of rotatable bonds is 6. The van der Waals surface area contributed by atoms with Crippen molar-refractivity contribution in [2.75, 3.05) is 20.3 Å². The van der Waals surface area contributed by atoms with Crippen molar-refractivity contribution in [1.82, 2.24) is 10.2 Å². The van der Waals surface area contributed by atoms with Gasteiger partial charge in [0.2, 0.25) is 5.91 Å². The number of nitrogens with two attached hydrogens (primary N) is 1. The van der Waals surface area contributed by atoms with Gasteiger partial charge in [0.1, 0.15) is 6.04 Å². The number of unbranched alkanes of at least 4 members (excludes halogenated alkanes) is 1. The van der Waals surface area contributed by atoms with Crippen molar-refractivity contribution in [1.29, 1.82) is 0 Å². The number of amides is 2. The van der Waals surface area contributed by atoms with E-state index in [1.807, 2.05) is 11.8 Å². The molecule has 1 saturated carbocycles. The summed E-state index contributed by atoms with van der Waals surface area (Å²) in [5, 5.41) is 2.68. The van der Waals surface area contributed by atoms with Crippen LogP contribution in [0.2, 0.25) is 0 Å². The van der Waals surface area contributed by atoms with Gasteiger partial charge in [-0.2, -0.15) is 0 Å². The molecule has 1 aliphatic heterocycles. The molecule has 1 heterocycles. The van der Waals surface area contributed by atoms with E-state index in [0.29, 0.717) is 19.6 Å². The maximum absolute atomic E-state index is 12.6. The number of carbonyl (C=O) groups excluding carboxylic acids is 2. The number of ether oxygens (including phenoxy) is 2. The first-order valence-corrected chi connectivity index (χ1v) is 8.59. The molecule has 1 aliphatic carbocycles. The zero-order valence-electron chi connectivity index (χ0n) is 14.1. The third-order valence-electron chi connectivity index (χ3n) is 4.76. The van der Waals surface area contributed by atoms with Gasteiger partial charge in [-0.15, -0.1) is 0 Å². The van der Waals surface area contributed by atoms with Crippen LogP contribution in [0.4, 0.5) is 4.79 Å². The molecule has 2 rings (SSSR count). The van der Waals surface area contributed by atoms with Crippen LogP contribution in [0.25, 0.3) is 0 Å². The lowest BCUT2D eigenvalue weighted by molar-refractivity contribution is -0.135. The zero-order chi connectivity index (χ0) is 16.8. The van der Waals surface area contributed by atoms with E-state index >= 15 is 0 Å². The summed E-state index contributed by atoms with van der Waals surface area (Å²) >= 11 is 0. The van der Waals surface area contributed by atoms with Crippen molar-refractivity contribution in [2.24, 2.45) is 5.73 Å². The van der Waals surface area contributed by atoms with E-state index in [1.165, 1.54) is 0 Å². The lowest BCUT2D eigenvalue weighted by Gasteiger charge is -2.39. The van der Waals surface area contributed by atoms with Gasteiger partial charge in [0.25, 0.3) is 0 Å². The number of hydrogen-bond donors (Lipinski definition) is 2. The minimum atomic E-state index is -0.507. The first-order chi connectivity index (χ1) is 11.1. The minimum Gasteiger partial charge on any atom is -0.450 e. The van der Waals surface area contributed by atoms with E-state index in [1.54, 1.807) is 7.11 Å². The van der Waals surface area contributed by atoms with Crippen LogP contribution in [0.1, 0.15) is 45.4 Å². The molecule has 7 heteroatoms. The van der Waals surface area contributed by atoms with Gasteiger partial charge >= 0.3 is 6.09 Å². The monoisotopic (exact) mass is 327 g/mol. The lowest BCUT2D eigenvalue weighted by atomic mass is 9.88. The first kappa shape index (κ1) is 18.0. The van der Waals surface area contributed by atoms with Crippen molar-refractivity contribution in [3.05, 3.63) is 0 Å².